The molecule has 0 saturated heterocycles. The summed E-state index contributed by atoms with van der Waals surface area (Å²) in [6.45, 7) is 2.75. The highest BCUT2D eigenvalue weighted by Gasteiger charge is 2.24. The molecule has 0 spiro atoms. The van der Waals surface area contributed by atoms with E-state index >= 15 is 0 Å². The lowest BCUT2D eigenvalue weighted by atomic mass is 10.2. The lowest BCUT2D eigenvalue weighted by Gasteiger charge is -2.18. The van der Waals surface area contributed by atoms with E-state index in [0.29, 0.717) is 13.1 Å². The maximum absolute atomic E-state index is 11.7. The first kappa shape index (κ1) is 10.6. The van der Waals surface area contributed by atoms with Gasteiger partial charge in [-0.25, -0.2) is 8.42 Å². The standard InChI is InChI=1S/C9H15N3O2S/c1-2-15(13,14)12-5-3-4-9-8(7-12)6-10-11-9/h6H,2-5,7H2,1H3,(H,10,11). The highest BCUT2D eigenvalue weighted by Crippen LogP contribution is 2.18. The Morgan fingerprint density at radius 3 is 3.13 bits per heavy atom. The molecule has 0 aliphatic carbocycles. The number of nitrogens with zero attached hydrogens (tertiary/aromatic N) is 2. The van der Waals surface area contributed by atoms with Gasteiger partial charge < -0.3 is 0 Å². The molecule has 0 aromatic carbocycles. The summed E-state index contributed by atoms with van der Waals surface area (Å²) >= 11 is 0. The van der Waals surface area contributed by atoms with Crippen LogP contribution in [-0.4, -0.2) is 35.2 Å². The minimum atomic E-state index is -3.07. The van der Waals surface area contributed by atoms with Gasteiger partial charge in [-0.1, -0.05) is 0 Å². The summed E-state index contributed by atoms with van der Waals surface area (Å²) in [5.74, 6) is 0.167. The summed E-state index contributed by atoms with van der Waals surface area (Å²) in [4.78, 5) is 0. The summed E-state index contributed by atoms with van der Waals surface area (Å²) in [6, 6.07) is 0. The first-order valence-corrected chi connectivity index (χ1v) is 6.73. The largest absolute Gasteiger partial charge is 0.282 e. The molecular formula is C9H15N3O2S. The van der Waals surface area contributed by atoms with Crippen LogP contribution < -0.4 is 0 Å². The van der Waals surface area contributed by atoms with Crippen LogP contribution in [0.25, 0.3) is 0 Å². The lowest BCUT2D eigenvalue weighted by Crippen LogP contribution is -2.31. The van der Waals surface area contributed by atoms with E-state index in [0.717, 1.165) is 24.1 Å². The molecule has 1 N–H and O–H groups in total. The van der Waals surface area contributed by atoms with Gasteiger partial charge in [0.25, 0.3) is 0 Å². The van der Waals surface area contributed by atoms with Gasteiger partial charge in [-0.2, -0.15) is 9.40 Å². The van der Waals surface area contributed by atoms with Crippen molar-refractivity contribution in [2.24, 2.45) is 0 Å². The molecule has 1 aliphatic heterocycles. The second-order valence-electron chi connectivity index (χ2n) is 3.71. The Morgan fingerprint density at radius 2 is 2.40 bits per heavy atom. The van der Waals surface area contributed by atoms with Crippen LogP contribution in [0.15, 0.2) is 6.20 Å². The second kappa shape index (κ2) is 3.94. The molecule has 2 heterocycles. The van der Waals surface area contributed by atoms with Gasteiger partial charge in [-0.05, 0) is 19.8 Å². The Kier molecular flexibility index (Phi) is 2.79. The fourth-order valence-electron chi connectivity index (χ4n) is 1.81. The van der Waals surface area contributed by atoms with E-state index in [2.05, 4.69) is 10.2 Å². The number of hydrogen-bond donors (Lipinski definition) is 1. The molecule has 0 unspecified atom stereocenters. The third-order valence-electron chi connectivity index (χ3n) is 2.75. The van der Waals surface area contributed by atoms with Gasteiger partial charge in [-0.3, -0.25) is 5.10 Å². The van der Waals surface area contributed by atoms with E-state index in [-0.39, 0.29) is 5.75 Å². The Labute approximate surface area is 89.5 Å². The van der Waals surface area contributed by atoms with E-state index in [9.17, 15) is 8.42 Å². The van der Waals surface area contributed by atoms with Crippen molar-refractivity contribution in [3.63, 3.8) is 0 Å². The van der Waals surface area contributed by atoms with Crippen molar-refractivity contribution in [2.45, 2.75) is 26.3 Å². The zero-order valence-corrected chi connectivity index (χ0v) is 9.55. The highest BCUT2D eigenvalue weighted by atomic mass is 32.2. The Balaban J connectivity index is 2.26. The molecule has 0 radical (unpaired) electrons. The first-order chi connectivity index (χ1) is 7.13. The van der Waals surface area contributed by atoms with Crippen LogP contribution in [0, 0.1) is 0 Å². The Bertz CT molecular complexity index is 438. The van der Waals surface area contributed by atoms with Crippen molar-refractivity contribution < 1.29 is 8.42 Å². The smallest absolute Gasteiger partial charge is 0.214 e. The molecule has 1 aliphatic rings. The number of hydrogen-bond acceptors (Lipinski definition) is 3. The van der Waals surface area contributed by atoms with Gasteiger partial charge in [0, 0.05) is 24.3 Å². The predicted molar refractivity (Wildman–Crippen MR) is 56.8 cm³/mol. The van der Waals surface area contributed by atoms with Crippen LogP contribution in [0.5, 0.6) is 0 Å². The fraction of sp³-hybridized carbons (Fsp3) is 0.667. The average Bonchev–Trinajstić information content (AvgIpc) is 2.55. The van der Waals surface area contributed by atoms with E-state index < -0.39 is 10.0 Å². The maximum atomic E-state index is 11.7. The van der Waals surface area contributed by atoms with Crippen molar-refractivity contribution in [1.29, 1.82) is 0 Å². The van der Waals surface area contributed by atoms with Gasteiger partial charge in [0.2, 0.25) is 10.0 Å². The summed E-state index contributed by atoms with van der Waals surface area (Å²) in [7, 11) is -3.07. The number of rotatable bonds is 2. The van der Waals surface area contributed by atoms with E-state index in [4.69, 9.17) is 0 Å². The van der Waals surface area contributed by atoms with Gasteiger partial charge in [-0.15, -0.1) is 0 Å². The molecule has 0 saturated carbocycles. The number of nitrogens with one attached hydrogen (secondary N) is 1. The number of fused-ring (bicyclic) bond motifs is 1. The quantitative estimate of drug-likeness (QED) is 0.803. The lowest BCUT2D eigenvalue weighted by molar-refractivity contribution is 0.410. The van der Waals surface area contributed by atoms with Crippen molar-refractivity contribution in [3.8, 4) is 0 Å². The van der Waals surface area contributed by atoms with Gasteiger partial charge in [0.1, 0.15) is 0 Å². The zero-order chi connectivity index (χ0) is 10.9. The molecule has 5 nitrogen and oxygen atoms in total. The summed E-state index contributed by atoms with van der Waals surface area (Å²) < 4.78 is 25.0. The zero-order valence-electron chi connectivity index (χ0n) is 8.73. The minimum Gasteiger partial charge on any atom is -0.282 e. The van der Waals surface area contributed by atoms with Crippen molar-refractivity contribution in [3.05, 3.63) is 17.5 Å². The van der Waals surface area contributed by atoms with Crippen molar-refractivity contribution in [2.75, 3.05) is 12.3 Å². The number of sulfonamides is 1. The van der Waals surface area contributed by atoms with Crippen LogP contribution in [0.4, 0.5) is 0 Å². The van der Waals surface area contributed by atoms with Gasteiger partial charge in [0.15, 0.2) is 0 Å². The molecule has 2 rings (SSSR count). The fourth-order valence-corrected chi connectivity index (χ4v) is 2.92. The van der Waals surface area contributed by atoms with Gasteiger partial charge >= 0.3 is 0 Å². The molecule has 1 aromatic rings. The predicted octanol–water partition coefficient (Wildman–Crippen LogP) is 0.508. The second-order valence-corrected chi connectivity index (χ2v) is 5.97. The van der Waals surface area contributed by atoms with Gasteiger partial charge in [0.05, 0.1) is 11.9 Å². The molecule has 1 aromatic heterocycles. The molecule has 0 amide bonds. The Hall–Kier alpha value is -0.880. The molecule has 0 bridgehead atoms. The highest BCUT2D eigenvalue weighted by molar-refractivity contribution is 7.89. The molecule has 15 heavy (non-hydrogen) atoms. The summed E-state index contributed by atoms with van der Waals surface area (Å²) in [6.07, 6.45) is 3.46. The van der Waals surface area contributed by atoms with Crippen LogP contribution in [-0.2, 0) is 23.0 Å². The summed E-state index contributed by atoms with van der Waals surface area (Å²) in [5, 5.41) is 6.86. The van der Waals surface area contributed by atoms with Crippen LogP contribution in [0.2, 0.25) is 0 Å². The van der Waals surface area contributed by atoms with Crippen molar-refractivity contribution in [1.82, 2.24) is 14.5 Å². The maximum Gasteiger partial charge on any atom is 0.214 e. The third-order valence-corrected chi connectivity index (χ3v) is 4.57. The number of aromatic amines is 1. The summed E-state index contributed by atoms with van der Waals surface area (Å²) in [5.41, 5.74) is 2.08. The molecule has 0 fully saturated rings. The SMILES string of the molecule is CCS(=O)(=O)N1CCCc2[nH]ncc2C1. The van der Waals surface area contributed by atoms with Crippen LogP contribution in [0.1, 0.15) is 24.6 Å². The molecule has 6 heteroatoms. The minimum absolute atomic E-state index is 0.167. The molecule has 0 atom stereocenters. The van der Waals surface area contributed by atoms with E-state index in [1.807, 2.05) is 0 Å². The normalized spacial score (nSPS) is 18.5. The van der Waals surface area contributed by atoms with E-state index in [1.54, 1.807) is 17.4 Å². The molecular weight excluding hydrogens is 214 g/mol. The number of aryl methyl sites for hydroxylation is 1. The molecule has 84 valence electrons. The van der Waals surface area contributed by atoms with Crippen molar-refractivity contribution >= 4 is 10.0 Å². The van der Waals surface area contributed by atoms with Crippen LogP contribution in [0.3, 0.4) is 0 Å². The number of aromatic nitrogens is 2. The topological polar surface area (TPSA) is 66.1 Å². The van der Waals surface area contributed by atoms with E-state index in [1.165, 1.54) is 0 Å². The van der Waals surface area contributed by atoms with Crippen LogP contribution >= 0.6 is 0 Å². The first-order valence-electron chi connectivity index (χ1n) is 5.12. The monoisotopic (exact) mass is 229 g/mol. The Morgan fingerprint density at radius 1 is 1.60 bits per heavy atom. The number of H-pyrrole nitrogens is 1. The average molecular weight is 229 g/mol. The third kappa shape index (κ3) is 2.05.